The van der Waals surface area contributed by atoms with E-state index in [9.17, 15) is 14.7 Å². The minimum Gasteiger partial charge on any atom is -0.464 e. The summed E-state index contributed by atoms with van der Waals surface area (Å²) in [5.41, 5.74) is 5.70. The number of carbonyl (C=O) groups is 2. The van der Waals surface area contributed by atoms with Crippen LogP contribution in [0.4, 0.5) is 4.79 Å². The Labute approximate surface area is 167 Å². The van der Waals surface area contributed by atoms with E-state index < -0.39 is 12.1 Å². The fourth-order valence-electron chi connectivity index (χ4n) is 2.82. The third kappa shape index (κ3) is 5.25. The van der Waals surface area contributed by atoms with Crippen molar-refractivity contribution < 1.29 is 14.7 Å². The zero-order valence-corrected chi connectivity index (χ0v) is 16.0. The van der Waals surface area contributed by atoms with Crippen molar-refractivity contribution in [3.05, 3.63) is 77.3 Å². The lowest BCUT2D eigenvalue weighted by Gasteiger charge is -2.26. The minimum atomic E-state index is -1.18. The highest BCUT2D eigenvalue weighted by Gasteiger charge is 2.23. The van der Waals surface area contributed by atoms with Crippen LogP contribution in [0.2, 0.25) is 0 Å². The third-order valence-electron chi connectivity index (χ3n) is 4.22. The molecule has 3 rings (SSSR count). The predicted octanol–water partition coefficient (Wildman–Crippen LogP) is 3.65. The van der Waals surface area contributed by atoms with Gasteiger partial charge in [-0.15, -0.1) is 11.3 Å². The smallest absolute Gasteiger partial charge is 0.422 e. The van der Waals surface area contributed by atoms with Crippen molar-refractivity contribution in [3.8, 4) is 10.6 Å². The maximum absolute atomic E-state index is 11.6. The van der Waals surface area contributed by atoms with E-state index in [1.165, 1.54) is 0 Å². The van der Waals surface area contributed by atoms with E-state index in [0.717, 1.165) is 26.8 Å². The molecule has 1 amide bonds. The molecule has 144 valence electrons. The van der Waals surface area contributed by atoms with Crippen molar-refractivity contribution in [2.75, 3.05) is 6.54 Å². The number of hydrogen-bond donors (Lipinski definition) is 2. The molecule has 0 aliphatic heterocycles. The number of thiazole rings is 1. The molecule has 2 aromatic carbocycles. The lowest BCUT2D eigenvalue weighted by molar-refractivity contribution is -0.112. The number of nitrogens with one attached hydrogen (secondary N) is 1. The number of aromatic nitrogens is 1. The number of nitrogens with zero attached hydrogens (tertiary/aromatic N) is 2. The molecule has 2 N–H and O–H groups in total. The van der Waals surface area contributed by atoms with Gasteiger partial charge in [0.05, 0.1) is 5.69 Å². The van der Waals surface area contributed by atoms with Gasteiger partial charge in [-0.25, -0.2) is 20.2 Å². The molecule has 0 bridgehead atoms. The third-order valence-corrected chi connectivity index (χ3v) is 5.16. The molecule has 3 aromatic rings. The fraction of sp³-hybridized carbons (Fsp3) is 0.190. The molecular weight excluding hydrogens is 374 g/mol. The first-order chi connectivity index (χ1) is 13.7. The van der Waals surface area contributed by atoms with Crippen LogP contribution >= 0.6 is 11.3 Å². The van der Waals surface area contributed by atoms with E-state index in [2.05, 4.69) is 10.4 Å². The molecule has 1 heterocycles. The predicted molar refractivity (Wildman–Crippen MR) is 109 cm³/mol. The maximum atomic E-state index is 11.6. The van der Waals surface area contributed by atoms with E-state index >= 15 is 0 Å². The SMILES string of the molecule is O=CC(Cc1ccccc1)N(NCCc1csc(-c2ccccc2)n1)C(=O)O. The highest BCUT2D eigenvalue weighted by Crippen LogP contribution is 2.23. The number of hydrogen-bond acceptors (Lipinski definition) is 5. The van der Waals surface area contributed by atoms with E-state index in [-0.39, 0.29) is 0 Å². The van der Waals surface area contributed by atoms with Crippen LogP contribution in [0.1, 0.15) is 11.3 Å². The van der Waals surface area contributed by atoms with Crippen LogP contribution in [0.3, 0.4) is 0 Å². The van der Waals surface area contributed by atoms with Crippen LogP contribution in [0.25, 0.3) is 10.6 Å². The molecule has 1 aromatic heterocycles. The Morgan fingerprint density at radius 2 is 1.82 bits per heavy atom. The Bertz CT molecular complexity index is 900. The van der Waals surface area contributed by atoms with Crippen LogP contribution in [0, 0.1) is 0 Å². The highest BCUT2D eigenvalue weighted by molar-refractivity contribution is 7.13. The largest absolute Gasteiger partial charge is 0.464 e. The number of hydrazine groups is 1. The first-order valence-corrected chi connectivity index (χ1v) is 9.80. The molecule has 1 unspecified atom stereocenters. The molecule has 0 aliphatic rings. The molecule has 1 atom stereocenters. The Morgan fingerprint density at radius 1 is 1.14 bits per heavy atom. The molecule has 0 radical (unpaired) electrons. The molecule has 0 saturated carbocycles. The monoisotopic (exact) mass is 395 g/mol. The maximum Gasteiger partial charge on any atom is 0.422 e. The second-order valence-electron chi connectivity index (χ2n) is 6.21. The van der Waals surface area contributed by atoms with Crippen LogP contribution in [0.15, 0.2) is 66.0 Å². The average Bonchev–Trinajstić information content (AvgIpc) is 3.20. The second kappa shape index (κ2) is 9.77. The van der Waals surface area contributed by atoms with Gasteiger partial charge in [-0.3, -0.25) is 0 Å². The summed E-state index contributed by atoms with van der Waals surface area (Å²) >= 11 is 1.56. The number of amides is 1. The van der Waals surface area contributed by atoms with Gasteiger partial charge in [0.25, 0.3) is 0 Å². The summed E-state index contributed by atoms with van der Waals surface area (Å²) in [6.07, 6.45) is 0.351. The normalized spacial score (nSPS) is 11.7. The van der Waals surface area contributed by atoms with Crippen molar-refractivity contribution >= 4 is 23.7 Å². The van der Waals surface area contributed by atoms with Crippen molar-refractivity contribution in [2.45, 2.75) is 18.9 Å². The molecule has 0 fully saturated rings. The molecular formula is C21H21N3O3S. The number of carbonyl (C=O) groups excluding carboxylic acids is 1. The summed E-state index contributed by atoms with van der Waals surface area (Å²) in [6, 6.07) is 18.5. The summed E-state index contributed by atoms with van der Waals surface area (Å²) in [5.74, 6) is 0. The Balaban J connectivity index is 1.58. The van der Waals surface area contributed by atoms with Crippen LogP contribution in [0.5, 0.6) is 0 Å². The lowest BCUT2D eigenvalue weighted by atomic mass is 10.1. The number of benzene rings is 2. The van der Waals surface area contributed by atoms with Gasteiger partial charge in [0.1, 0.15) is 17.3 Å². The van der Waals surface area contributed by atoms with Gasteiger partial charge in [0, 0.05) is 30.3 Å². The quantitative estimate of drug-likeness (QED) is 0.427. The van der Waals surface area contributed by atoms with Crippen LogP contribution < -0.4 is 5.43 Å². The fourth-order valence-corrected chi connectivity index (χ4v) is 3.68. The Hall–Kier alpha value is -3.03. The summed E-state index contributed by atoms with van der Waals surface area (Å²) in [4.78, 5) is 27.7. The standard InChI is InChI=1S/C21H21N3O3S/c25-14-19(13-16-7-3-1-4-8-16)24(21(26)27)22-12-11-18-15-28-20(23-18)17-9-5-2-6-10-17/h1-10,14-15,19,22H,11-13H2,(H,26,27). The second-order valence-corrected chi connectivity index (χ2v) is 7.07. The number of aldehydes is 1. The molecule has 7 heteroatoms. The van der Waals surface area contributed by atoms with Gasteiger partial charge in [0.15, 0.2) is 0 Å². The van der Waals surface area contributed by atoms with Gasteiger partial charge < -0.3 is 9.90 Å². The Morgan fingerprint density at radius 3 is 2.46 bits per heavy atom. The summed E-state index contributed by atoms with van der Waals surface area (Å²) in [5, 5.41) is 13.4. The van der Waals surface area contributed by atoms with Crippen LogP contribution in [-0.4, -0.2) is 40.1 Å². The average molecular weight is 395 g/mol. The summed E-state index contributed by atoms with van der Waals surface area (Å²) in [6.45, 7) is 0.364. The van der Waals surface area contributed by atoms with Crippen molar-refractivity contribution in [1.29, 1.82) is 0 Å². The van der Waals surface area contributed by atoms with E-state index in [0.29, 0.717) is 25.7 Å². The molecule has 6 nitrogen and oxygen atoms in total. The highest BCUT2D eigenvalue weighted by atomic mass is 32.1. The van der Waals surface area contributed by atoms with E-state index in [4.69, 9.17) is 0 Å². The minimum absolute atomic E-state index is 0.318. The van der Waals surface area contributed by atoms with Crippen LogP contribution in [-0.2, 0) is 17.6 Å². The molecule has 28 heavy (non-hydrogen) atoms. The van der Waals surface area contributed by atoms with Crippen molar-refractivity contribution in [2.24, 2.45) is 0 Å². The first kappa shape index (κ1) is 19.7. The first-order valence-electron chi connectivity index (χ1n) is 8.92. The summed E-state index contributed by atoms with van der Waals surface area (Å²) < 4.78 is 0. The van der Waals surface area contributed by atoms with E-state index in [1.807, 2.05) is 66.0 Å². The molecule has 0 aliphatic carbocycles. The van der Waals surface area contributed by atoms with E-state index in [1.54, 1.807) is 11.3 Å². The topological polar surface area (TPSA) is 82.5 Å². The van der Waals surface area contributed by atoms with Gasteiger partial charge in [0.2, 0.25) is 0 Å². The van der Waals surface area contributed by atoms with Crippen molar-refractivity contribution in [3.63, 3.8) is 0 Å². The lowest BCUT2D eigenvalue weighted by Crippen LogP contribution is -2.51. The number of rotatable bonds is 9. The number of carboxylic acid groups (broad SMARTS) is 1. The summed E-state index contributed by atoms with van der Waals surface area (Å²) in [7, 11) is 0. The van der Waals surface area contributed by atoms with Gasteiger partial charge in [-0.1, -0.05) is 60.7 Å². The zero-order valence-electron chi connectivity index (χ0n) is 15.2. The van der Waals surface area contributed by atoms with Crippen molar-refractivity contribution in [1.82, 2.24) is 15.4 Å². The van der Waals surface area contributed by atoms with Gasteiger partial charge in [-0.2, -0.15) is 0 Å². The van der Waals surface area contributed by atoms with Gasteiger partial charge >= 0.3 is 6.09 Å². The van der Waals surface area contributed by atoms with Gasteiger partial charge in [-0.05, 0) is 5.56 Å². The zero-order chi connectivity index (χ0) is 19.8. The molecule has 0 saturated heterocycles. The molecule has 0 spiro atoms. The Kier molecular flexibility index (Phi) is 6.89.